The Bertz CT molecular complexity index is 601. The first kappa shape index (κ1) is 18.2. The van der Waals surface area contributed by atoms with Crippen molar-refractivity contribution in [2.24, 2.45) is 11.7 Å². The fourth-order valence-corrected chi connectivity index (χ4v) is 2.30. The van der Waals surface area contributed by atoms with Gasteiger partial charge < -0.3 is 11.1 Å². The number of amides is 1. The third-order valence-electron chi connectivity index (χ3n) is 3.69. The lowest BCUT2D eigenvalue weighted by atomic mass is 9.94. The number of aryl methyl sites for hydroxylation is 1. The molecule has 3 nitrogen and oxygen atoms in total. The van der Waals surface area contributed by atoms with Crippen LogP contribution in [0.3, 0.4) is 0 Å². The van der Waals surface area contributed by atoms with Crippen molar-refractivity contribution in [3.8, 4) is 0 Å². The third kappa shape index (κ3) is 4.86. The summed E-state index contributed by atoms with van der Waals surface area (Å²) in [4.78, 5) is 12.2. The van der Waals surface area contributed by atoms with E-state index in [1.54, 1.807) is 0 Å². The second-order valence-electron chi connectivity index (χ2n) is 5.43. The van der Waals surface area contributed by atoms with Crippen LogP contribution in [0.4, 0.5) is 0 Å². The molecule has 4 heteroatoms. The van der Waals surface area contributed by atoms with Gasteiger partial charge >= 0.3 is 0 Å². The lowest BCUT2D eigenvalue weighted by molar-refractivity contribution is -0.125. The minimum Gasteiger partial charge on any atom is -0.352 e. The van der Waals surface area contributed by atoms with Crippen molar-refractivity contribution in [3.63, 3.8) is 0 Å². The molecule has 0 radical (unpaired) electrons. The lowest BCUT2D eigenvalue weighted by Crippen LogP contribution is -2.35. The maximum atomic E-state index is 12.2. The Morgan fingerprint density at radius 1 is 1.14 bits per heavy atom. The molecular weight excluding hydrogens is 296 g/mol. The zero-order valence-electron chi connectivity index (χ0n) is 13.0. The van der Waals surface area contributed by atoms with Crippen molar-refractivity contribution in [1.82, 2.24) is 5.32 Å². The predicted molar refractivity (Wildman–Crippen MR) is 92.8 cm³/mol. The highest BCUT2D eigenvalue weighted by Gasteiger charge is 2.21. The van der Waals surface area contributed by atoms with E-state index in [-0.39, 0.29) is 30.3 Å². The average molecular weight is 319 g/mol. The molecule has 3 N–H and O–H groups in total. The van der Waals surface area contributed by atoms with E-state index >= 15 is 0 Å². The van der Waals surface area contributed by atoms with Gasteiger partial charge in [-0.1, -0.05) is 67.1 Å². The zero-order valence-corrected chi connectivity index (χ0v) is 13.8. The van der Waals surface area contributed by atoms with Crippen molar-refractivity contribution < 1.29 is 4.79 Å². The first-order chi connectivity index (χ1) is 10.1. The molecule has 2 rings (SSSR count). The Morgan fingerprint density at radius 3 is 2.45 bits per heavy atom. The quantitative estimate of drug-likeness (QED) is 0.888. The minimum absolute atomic E-state index is 0. The summed E-state index contributed by atoms with van der Waals surface area (Å²) in [5, 5.41) is 2.96. The molecule has 0 aliphatic heterocycles. The van der Waals surface area contributed by atoms with Gasteiger partial charge in [0.15, 0.2) is 0 Å². The molecule has 0 bridgehead atoms. The first-order valence-corrected chi connectivity index (χ1v) is 7.21. The second-order valence-corrected chi connectivity index (χ2v) is 5.43. The Morgan fingerprint density at radius 2 is 1.82 bits per heavy atom. The van der Waals surface area contributed by atoms with Crippen molar-refractivity contribution in [3.05, 3.63) is 71.3 Å². The Balaban J connectivity index is 0.00000242. The standard InChI is InChI=1S/C18H22N2O.ClH/c1-13-7-6-8-15(11-13)12-20-18(21)14(2)17(19)16-9-4-3-5-10-16;/h3-11,14,17H,12,19H2,1-2H3,(H,20,21);1H. The van der Waals surface area contributed by atoms with Crippen LogP contribution < -0.4 is 11.1 Å². The average Bonchev–Trinajstić information content (AvgIpc) is 2.52. The summed E-state index contributed by atoms with van der Waals surface area (Å²) >= 11 is 0. The second kappa shape index (κ2) is 8.57. The molecule has 2 aromatic carbocycles. The molecule has 2 unspecified atom stereocenters. The van der Waals surface area contributed by atoms with Gasteiger partial charge in [0, 0.05) is 12.6 Å². The maximum Gasteiger partial charge on any atom is 0.225 e. The van der Waals surface area contributed by atoms with Gasteiger partial charge in [0.1, 0.15) is 0 Å². The molecule has 0 heterocycles. The van der Waals surface area contributed by atoms with E-state index in [0.29, 0.717) is 6.54 Å². The molecule has 0 saturated carbocycles. The number of rotatable bonds is 5. The van der Waals surface area contributed by atoms with Gasteiger partial charge in [-0.25, -0.2) is 0 Å². The van der Waals surface area contributed by atoms with E-state index in [2.05, 4.69) is 11.4 Å². The van der Waals surface area contributed by atoms with Crippen LogP contribution in [0.15, 0.2) is 54.6 Å². The van der Waals surface area contributed by atoms with E-state index < -0.39 is 0 Å². The molecule has 2 aromatic rings. The molecule has 118 valence electrons. The smallest absolute Gasteiger partial charge is 0.225 e. The van der Waals surface area contributed by atoms with E-state index in [1.165, 1.54) is 5.56 Å². The van der Waals surface area contributed by atoms with Crippen LogP contribution in [0.1, 0.15) is 29.7 Å². The number of benzene rings is 2. The van der Waals surface area contributed by atoms with Crippen LogP contribution in [0.2, 0.25) is 0 Å². The Hall–Kier alpha value is -1.84. The molecule has 0 saturated heterocycles. The topological polar surface area (TPSA) is 55.1 Å². The van der Waals surface area contributed by atoms with E-state index in [4.69, 9.17) is 5.73 Å². The first-order valence-electron chi connectivity index (χ1n) is 7.21. The Kier molecular flexibility index (Phi) is 7.09. The largest absolute Gasteiger partial charge is 0.352 e. The molecule has 0 aliphatic rings. The molecule has 0 spiro atoms. The predicted octanol–water partition coefficient (Wildman–Crippen LogP) is 3.37. The van der Waals surface area contributed by atoms with Crippen molar-refractivity contribution >= 4 is 18.3 Å². The van der Waals surface area contributed by atoms with E-state index in [1.807, 2.05) is 62.4 Å². The number of hydrogen-bond donors (Lipinski definition) is 2. The van der Waals surface area contributed by atoms with Crippen molar-refractivity contribution in [2.45, 2.75) is 26.4 Å². The fourth-order valence-electron chi connectivity index (χ4n) is 2.30. The number of hydrogen-bond acceptors (Lipinski definition) is 2. The third-order valence-corrected chi connectivity index (χ3v) is 3.69. The van der Waals surface area contributed by atoms with Gasteiger partial charge in [0.05, 0.1) is 5.92 Å². The molecule has 22 heavy (non-hydrogen) atoms. The molecule has 2 atom stereocenters. The summed E-state index contributed by atoms with van der Waals surface area (Å²) < 4.78 is 0. The summed E-state index contributed by atoms with van der Waals surface area (Å²) in [7, 11) is 0. The van der Waals surface area contributed by atoms with Crippen molar-refractivity contribution in [2.75, 3.05) is 0 Å². The highest BCUT2D eigenvalue weighted by molar-refractivity contribution is 5.85. The monoisotopic (exact) mass is 318 g/mol. The summed E-state index contributed by atoms with van der Waals surface area (Å²) in [5.41, 5.74) is 9.45. The van der Waals surface area contributed by atoms with Crippen LogP contribution in [-0.4, -0.2) is 5.91 Å². The maximum absolute atomic E-state index is 12.2. The number of carbonyl (C=O) groups excluding carboxylic acids is 1. The highest BCUT2D eigenvalue weighted by atomic mass is 35.5. The van der Waals surface area contributed by atoms with E-state index in [9.17, 15) is 4.79 Å². The molecule has 0 aliphatic carbocycles. The normalized spacial score (nSPS) is 12.9. The number of nitrogens with one attached hydrogen (secondary N) is 1. The number of carbonyl (C=O) groups is 1. The molecule has 0 fully saturated rings. The SMILES string of the molecule is Cc1cccc(CNC(=O)C(C)C(N)c2ccccc2)c1.Cl. The summed E-state index contributed by atoms with van der Waals surface area (Å²) in [6.07, 6.45) is 0. The number of halogens is 1. The molecular formula is C18H23ClN2O. The van der Waals surface area contributed by atoms with Crippen LogP contribution in [0.5, 0.6) is 0 Å². The fraction of sp³-hybridized carbons (Fsp3) is 0.278. The van der Waals surface area contributed by atoms with Gasteiger partial charge in [-0.15, -0.1) is 12.4 Å². The van der Waals surface area contributed by atoms with Gasteiger partial charge in [0.2, 0.25) is 5.91 Å². The minimum atomic E-state index is -0.288. The summed E-state index contributed by atoms with van der Waals surface area (Å²) in [5.74, 6) is -0.287. The van der Waals surface area contributed by atoms with Gasteiger partial charge in [-0.05, 0) is 18.1 Å². The van der Waals surface area contributed by atoms with Gasteiger partial charge in [-0.3, -0.25) is 4.79 Å². The van der Waals surface area contributed by atoms with Gasteiger partial charge in [-0.2, -0.15) is 0 Å². The molecule has 0 aromatic heterocycles. The highest BCUT2D eigenvalue weighted by Crippen LogP contribution is 2.19. The van der Waals surface area contributed by atoms with Crippen molar-refractivity contribution in [1.29, 1.82) is 0 Å². The number of nitrogens with two attached hydrogens (primary N) is 1. The summed E-state index contributed by atoms with van der Waals surface area (Å²) in [6.45, 7) is 4.44. The van der Waals surface area contributed by atoms with Crippen LogP contribution in [-0.2, 0) is 11.3 Å². The van der Waals surface area contributed by atoms with E-state index in [0.717, 1.165) is 11.1 Å². The van der Waals surface area contributed by atoms with Gasteiger partial charge in [0.25, 0.3) is 0 Å². The molecule has 1 amide bonds. The summed E-state index contributed by atoms with van der Waals surface area (Å²) in [6, 6.07) is 17.6. The lowest BCUT2D eigenvalue weighted by Gasteiger charge is -2.20. The van der Waals surface area contributed by atoms with Crippen LogP contribution >= 0.6 is 12.4 Å². The Labute approximate surface area is 138 Å². The van der Waals surface area contributed by atoms with Crippen LogP contribution in [0.25, 0.3) is 0 Å². The zero-order chi connectivity index (χ0) is 15.2. The van der Waals surface area contributed by atoms with Crippen LogP contribution in [0, 0.1) is 12.8 Å².